The molecule has 0 radical (unpaired) electrons. The highest BCUT2D eigenvalue weighted by molar-refractivity contribution is 6.30. The Labute approximate surface area is 175 Å². The number of nitrogens with zero attached hydrogens (tertiary/aromatic N) is 6. The third kappa shape index (κ3) is 3.66. The second-order valence-corrected chi connectivity index (χ2v) is 7.92. The Morgan fingerprint density at radius 3 is 2.66 bits per heavy atom. The molecule has 1 unspecified atom stereocenters. The standard InChI is InChI=1S/C22H23ClN6/c23-18-8-5-9-19(16-18)27-12-14-28(15-13-27)21-20-10-2-1-6-17(20)7-3-4-11-29-22(21)24-25-26-29/h1-3,5-10,16,21H,4,11-15H2/b7-3-. The van der Waals surface area contributed by atoms with E-state index in [9.17, 15) is 0 Å². The van der Waals surface area contributed by atoms with Crippen molar-refractivity contribution in [1.29, 1.82) is 0 Å². The van der Waals surface area contributed by atoms with E-state index >= 15 is 0 Å². The summed E-state index contributed by atoms with van der Waals surface area (Å²) in [5.74, 6) is 0.928. The molecule has 3 aromatic rings. The number of aryl methyl sites for hydroxylation is 1. The van der Waals surface area contributed by atoms with E-state index in [1.54, 1.807) is 0 Å². The normalized spacial score (nSPS) is 20.9. The van der Waals surface area contributed by atoms with Gasteiger partial charge < -0.3 is 4.90 Å². The summed E-state index contributed by atoms with van der Waals surface area (Å²) >= 11 is 6.20. The van der Waals surface area contributed by atoms with Crippen molar-refractivity contribution in [2.45, 2.75) is 19.0 Å². The van der Waals surface area contributed by atoms with Gasteiger partial charge in [0.25, 0.3) is 0 Å². The molecule has 1 atom stereocenters. The van der Waals surface area contributed by atoms with Crippen LogP contribution in [0.4, 0.5) is 5.69 Å². The van der Waals surface area contributed by atoms with Crippen molar-refractivity contribution >= 4 is 23.4 Å². The third-order valence-corrected chi connectivity index (χ3v) is 5.99. The maximum atomic E-state index is 6.20. The minimum atomic E-state index is 0.0467. The molecule has 1 aromatic heterocycles. The molecule has 3 heterocycles. The Balaban J connectivity index is 1.46. The fourth-order valence-corrected chi connectivity index (χ4v) is 4.48. The first-order valence-corrected chi connectivity index (χ1v) is 10.4. The maximum Gasteiger partial charge on any atom is 0.173 e. The van der Waals surface area contributed by atoms with Crippen molar-refractivity contribution in [3.63, 3.8) is 0 Å². The van der Waals surface area contributed by atoms with Crippen molar-refractivity contribution in [3.05, 3.63) is 76.6 Å². The van der Waals surface area contributed by atoms with Gasteiger partial charge in [-0.05, 0) is 46.2 Å². The number of anilines is 1. The summed E-state index contributed by atoms with van der Waals surface area (Å²) in [5, 5.41) is 13.5. The summed E-state index contributed by atoms with van der Waals surface area (Å²) in [7, 11) is 0. The lowest BCUT2D eigenvalue weighted by Crippen LogP contribution is -2.48. The van der Waals surface area contributed by atoms with Crippen LogP contribution in [-0.4, -0.2) is 51.3 Å². The number of hydrogen-bond donors (Lipinski definition) is 0. The highest BCUT2D eigenvalue weighted by Crippen LogP contribution is 2.33. The molecule has 0 aliphatic carbocycles. The molecule has 6 nitrogen and oxygen atoms in total. The summed E-state index contributed by atoms with van der Waals surface area (Å²) < 4.78 is 1.96. The van der Waals surface area contributed by atoms with Gasteiger partial charge in [0.1, 0.15) is 0 Å². The first-order valence-electron chi connectivity index (χ1n) is 10.1. The van der Waals surface area contributed by atoms with E-state index in [0.717, 1.165) is 50.0 Å². The van der Waals surface area contributed by atoms with E-state index in [4.69, 9.17) is 11.6 Å². The molecule has 0 spiro atoms. The van der Waals surface area contributed by atoms with Crippen LogP contribution in [-0.2, 0) is 6.54 Å². The molecule has 29 heavy (non-hydrogen) atoms. The van der Waals surface area contributed by atoms with Gasteiger partial charge >= 0.3 is 0 Å². The molecule has 0 N–H and O–H groups in total. The molecule has 0 amide bonds. The highest BCUT2D eigenvalue weighted by Gasteiger charge is 2.32. The van der Waals surface area contributed by atoms with E-state index in [1.165, 1.54) is 16.8 Å². The number of tetrazole rings is 1. The Bertz CT molecular complexity index is 1020. The van der Waals surface area contributed by atoms with Crippen LogP contribution in [0.3, 0.4) is 0 Å². The molecule has 7 heteroatoms. The van der Waals surface area contributed by atoms with Crippen molar-refractivity contribution in [2.24, 2.45) is 0 Å². The largest absolute Gasteiger partial charge is 0.369 e. The van der Waals surface area contributed by atoms with Gasteiger partial charge in [0.05, 0.1) is 6.04 Å². The zero-order valence-electron chi connectivity index (χ0n) is 16.2. The van der Waals surface area contributed by atoms with Gasteiger partial charge in [-0.15, -0.1) is 5.10 Å². The zero-order chi connectivity index (χ0) is 19.6. The SMILES string of the molecule is Clc1cccc(N2CCN(C3c4ccccc4/C=C\CCn4nnnc43)CC2)c1. The van der Waals surface area contributed by atoms with Gasteiger partial charge in [0.2, 0.25) is 0 Å². The van der Waals surface area contributed by atoms with Gasteiger partial charge in [-0.3, -0.25) is 4.90 Å². The molecular formula is C22H23ClN6. The van der Waals surface area contributed by atoms with Crippen molar-refractivity contribution in [2.75, 3.05) is 31.1 Å². The maximum absolute atomic E-state index is 6.20. The van der Waals surface area contributed by atoms with Crippen LogP contribution in [0.25, 0.3) is 6.08 Å². The first-order chi connectivity index (χ1) is 14.3. The predicted molar refractivity (Wildman–Crippen MR) is 115 cm³/mol. The molecule has 2 aromatic carbocycles. The van der Waals surface area contributed by atoms with Crippen LogP contribution >= 0.6 is 11.6 Å². The fourth-order valence-electron chi connectivity index (χ4n) is 4.30. The lowest BCUT2D eigenvalue weighted by molar-refractivity contribution is 0.200. The number of fused-ring (bicyclic) bond motifs is 2. The quantitative estimate of drug-likeness (QED) is 0.650. The van der Waals surface area contributed by atoms with E-state index < -0.39 is 0 Å². The monoisotopic (exact) mass is 406 g/mol. The van der Waals surface area contributed by atoms with E-state index in [1.807, 2.05) is 22.9 Å². The molecular weight excluding hydrogens is 384 g/mol. The van der Waals surface area contributed by atoms with Crippen molar-refractivity contribution in [1.82, 2.24) is 25.1 Å². The highest BCUT2D eigenvalue weighted by atomic mass is 35.5. The zero-order valence-corrected chi connectivity index (χ0v) is 16.9. The molecule has 148 valence electrons. The van der Waals surface area contributed by atoms with Gasteiger partial charge in [-0.1, -0.05) is 54.1 Å². The summed E-state index contributed by atoms with van der Waals surface area (Å²) in [6.45, 7) is 4.54. The van der Waals surface area contributed by atoms with Gasteiger partial charge in [-0.25, -0.2) is 4.68 Å². The van der Waals surface area contributed by atoms with Gasteiger partial charge in [0.15, 0.2) is 5.82 Å². The minimum absolute atomic E-state index is 0.0467. The third-order valence-electron chi connectivity index (χ3n) is 5.75. The minimum Gasteiger partial charge on any atom is -0.369 e. The number of rotatable bonds is 2. The van der Waals surface area contributed by atoms with Crippen LogP contribution in [0.5, 0.6) is 0 Å². The molecule has 2 aliphatic rings. The summed E-state index contributed by atoms with van der Waals surface area (Å²) in [6, 6.07) is 16.7. The van der Waals surface area contributed by atoms with Crippen LogP contribution in [0.1, 0.15) is 29.4 Å². The number of aromatic nitrogens is 4. The summed E-state index contributed by atoms with van der Waals surface area (Å²) in [4.78, 5) is 4.90. The van der Waals surface area contributed by atoms with Crippen LogP contribution < -0.4 is 4.90 Å². The molecule has 5 rings (SSSR count). The lowest BCUT2D eigenvalue weighted by Gasteiger charge is -2.40. The van der Waals surface area contributed by atoms with Gasteiger partial charge in [-0.2, -0.15) is 0 Å². The lowest BCUT2D eigenvalue weighted by atomic mass is 9.97. The Morgan fingerprint density at radius 1 is 0.931 bits per heavy atom. The second kappa shape index (κ2) is 7.97. The van der Waals surface area contributed by atoms with Crippen molar-refractivity contribution < 1.29 is 0 Å². The number of hydrogen-bond acceptors (Lipinski definition) is 5. The number of piperazine rings is 1. The topological polar surface area (TPSA) is 50.1 Å². The first kappa shape index (κ1) is 18.3. The second-order valence-electron chi connectivity index (χ2n) is 7.49. The Kier molecular flexibility index (Phi) is 5.04. The van der Waals surface area contributed by atoms with Crippen LogP contribution in [0.2, 0.25) is 5.02 Å². The van der Waals surface area contributed by atoms with E-state index in [-0.39, 0.29) is 6.04 Å². The van der Waals surface area contributed by atoms with Crippen LogP contribution in [0.15, 0.2) is 54.6 Å². The van der Waals surface area contributed by atoms with E-state index in [2.05, 4.69) is 67.8 Å². The molecule has 0 saturated carbocycles. The molecule has 1 saturated heterocycles. The molecule has 2 aliphatic heterocycles. The fraction of sp³-hybridized carbons (Fsp3) is 0.318. The number of allylic oxidation sites excluding steroid dienone is 1. The predicted octanol–water partition coefficient (Wildman–Crippen LogP) is 3.66. The molecule has 1 fully saturated rings. The summed E-state index contributed by atoms with van der Waals surface area (Å²) in [6.07, 6.45) is 5.36. The smallest absolute Gasteiger partial charge is 0.173 e. The average Bonchev–Trinajstić information content (AvgIpc) is 3.22. The Hall–Kier alpha value is -2.70. The van der Waals surface area contributed by atoms with Crippen molar-refractivity contribution in [3.8, 4) is 0 Å². The molecule has 0 bridgehead atoms. The average molecular weight is 407 g/mol. The summed E-state index contributed by atoms with van der Waals surface area (Å²) in [5.41, 5.74) is 3.68. The van der Waals surface area contributed by atoms with Crippen LogP contribution in [0, 0.1) is 0 Å². The number of halogens is 1. The van der Waals surface area contributed by atoms with E-state index in [0.29, 0.717) is 0 Å². The van der Waals surface area contributed by atoms with Gasteiger partial charge in [0, 0.05) is 43.4 Å². The Morgan fingerprint density at radius 2 is 1.79 bits per heavy atom. The number of benzene rings is 2.